The summed E-state index contributed by atoms with van der Waals surface area (Å²) in [4.78, 5) is 14.8. The summed E-state index contributed by atoms with van der Waals surface area (Å²) in [5.74, 6) is 2.22. The Labute approximate surface area is 183 Å². The number of rotatable bonds is 7. The summed E-state index contributed by atoms with van der Waals surface area (Å²) in [6, 6.07) is 10.5. The number of hydrogen-bond acceptors (Lipinski definition) is 6. The lowest BCUT2D eigenvalue weighted by Crippen LogP contribution is -2.40. The molecular weight excluding hydrogens is 408 g/mol. The number of aliphatic hydroxyl groups is 1. The molecule has 1 saturated heterocycles. The summed E-state index contributed by atoms with van der Waals surface area (Å²) < 4.78 is 16.8. The number of benzene rings is 2. The zero-order chi connectivity index (χ0) is 20.8. The van der Waals surface area contributed by atoms with Gasteiger partial charge in [0.15, 0.2) is 11.5 Å². The maximum Gasteiger partial charge on any atom is 0.254 e. The maximum atomic E-state index is 13.0. The minimum atomic E-state index is -0.0771. The summed E-state index contributed by atoms with van der Waals surface area (Å²) in [7, 11) is 3.13. The number of methoxy groups -OCH3 is 2. The SMILES string of the molecule is COc1cc(Oc2cc(C(=O)N3CCCC(CO)C3)ccc2OC)ccc1CN.Cl. The molecule has 1 atom stereocenters. The van der Waals surface area contributed by atoms with Gasteiger partial charge in [0.1, 0.15) is 11.5 Å². The Balaban J connectivity index is 0.00000320. The van der Waals surface area contributed by atoms with Crippen molar-refractivity contribution in [2.24, 2.45) is 11.7 Å². The molecule has 7 nitrogen and oxygen atoms in total. The first-order valence-electron chi connectivity index (χ1n) is 9.72. The molecule has 0 aromatic heterocycles. The molecule has 1 amide bonds. The highest BCUT2D eigenvalue weighted by molar-refractivity contribution is 5.95. The number of aliphatic hydroxyl groups excluding tert-OH is 1. The van der Waals surface area contributed by atoms with Gasteiger partial charge in [-0.15, -0.1) is 12.4 Å². The smallest absolute Gasteiger partial charge is 0.254 e. The Morgan fingerprint density at radius 2 is 1.90 bits per heavy atom. The molecule has 1 heterocycles. The minimum Gasteiger partial charge on any atom is -0.496 e. The zero-order valence-electron chi connectivity index (χ0n) is 17.3. The van der Waals surface area contributed by atoms with Crippen LogP contribution in [0.4, 0.5) is 0 Å². The van der Waals surface area contributed by atoms with Crippen molar-refractivity contribution in [1.82, 2.24) is 4.90 Å². The number of hydrogen-bond donors (Lipinski definition) is 2. The van der Waals surface area contributed by atoms with E-state index in [0.717, 1.165) is 18.4 Å². The van der Waals surface area contributed by atoms with Crippen LogP contribution in [0.15, 0.2) is 36.4 Å². The van der Waals surface area contributed by atoms with E-state index in [1.165, 1.54) is 0 Å². The number of amides is 1. The Kier molecular flexibility index (Phi) is 8.77. The van der Waals surface area contributed by atoms with Crippen LogP contribution >= 0.6 is 12.4 Å². The van der Waals surface area contributed by atoms with Gasteiger partial charge < -0.3 is 30.0 Å². The minimum absolute atomic E-state index is 0. The van der Waals surface area contributed by atoms with Gasteiger partial charge in [0.25, 0.3) is 5.91 Å². The highest BCUT2D eigenvalue weighted by atomic mass is 35.5. The van der Waals surface area contributed by atoms with Crippen LogP contribution in [0.3, 0.4) is 0 Å². The molecule has 0 spiro atoms. The van der Waals surface area contributed by atoms with Gasteiger partial charge in [0, 0.05) is 43.4 Å². The third kappa shape index (κ3) is 5.36. The summed E-state index contributed by atoms with van der Waals surface area (Å²) in [6.45, 7) is 1.72. The Bertz CT molecular complexity index is 861. The lowest BCUT2D eigenvalue weighted by molar-refractivity contribution is 0.0620. The second-order valence-corrected chi connectivity index (χ2v) is 7.09. The van der Waals surface area contributed by atoms with E-state index in [4.69, 9.17) is 19.9 Å². The first-order valence-corrected chi connectivity index (χ1v) is 9.72. The van der Waals surface area contributed by atoms with Gasteiger partial charge in [-0.1, -0.05) is 6.07 Å². The predicted octanol–water partition coefficient (Wildman–Crippen LogP) is 3.22. The first-order chi connectivity index (χ1) is 14.1. The molecule has 1 aliphatic heterocycles. The fourth-order valence-corrected chi connectivity index (χ4v) is 3.55. The highest BCUT2D eigenvalue weighted by Gasteiger charge is 2.25. The first kappa shape index (κ1) is 23.8. The van der Waals surface area contributed by atoms with Crippen molar-refractivity contribution < 1.29 is 24.1 Å². The van der Waals surface area contributed by atoms with Crippen LogP contribution in [0, 0.1) is 5.92 Å². The Morgan fingerprint density at radius 3 is 2.57 bits per heavy atom. The summed E-state index contributed by atoms with van der Waals surface area (Å²) in [5.41, 5.74) is 7.11. The molecule has 0 bridgehead atoms. The molecule has 164 valence electrons. The fourth-order valence-electron chi connectivity index (χ4n) is 3.55. The van der Waals surface area contributed by atoms with E-state index in [1.807, 2.05) is 6.07 Å². The molecule has 2 aromatic rings. The standard InChI is InChI=1S/C22H28N2O5.ClH/c1-27-19-8-6-16(22(26)24-9-3-4-15(13-24)14-25)10-21(19)29-18-7-5-17(12-23)20(11-18)28-2;/h5-8,10-11,15,25H,3-4,9,12-14,23H2,1-2H3;1H. The van der Waals surface area contributed by atoms with E-state index in [2.05, 4.69) is 0 Å². The number of halogens is 1. The number of ether oxygens (including phenoxy) is 3. The normalized spacial score (nSPS) is 15.9. The summed E-state index contributed by atoms with van der Waals surface area (Å²) in [5, 5.41) is 9.43. The van der Waals surface area contributed by atoms with Crippen molar-refractivity contribution in [2.75, 3.05) is 33.9 Å². The van der Waals surface area contributed by atoms with Crippen molar-refractivity contribution >= 4 is 18.3 Å². The fraction of sp³-hybridized carbons (Fsp3) is 0.409. The van der Waals surface area contributed by atoms with Crippen molar-refractivity contribution in [3.05, 3.63) is 47.5 Å². The molecule has 3 rings (SSSR count). The van der Waals surface area contributed by atoms with Gasteiger partial charge in [-0.25, -0.2) is 0 Å². The van der Waals surface area contributed by atoms with E-state index < -0.39 is 0 Å². The number of nitrogens with zero attached hydrogens (tertiary/aromatic N) is 1. The lowest BCUT2D eigenvalue weighted by atomic mass is 9.98. The molecule has 0 radical (unpaired) electrons. The number of piperidine rings is 1. The Hall–Kier alpha value is -2.48. The maximum absolute atomic E-state index is 13.0. The quantitative estimate of drug-likeness (QED) is 0.692. The monoisotopic (exact) mass is 436 g/mol. The second-order valence-electron chi connectivity index (χ2n) is 7.09. The largest absolute Gasteiger partial charge is 0.496 e. The lowest BCUT2D eigenvalue weighted by Gasteiger charge is -2.32. The zero-order valence-corrected chi connectivity index (χ0v) is 18.1. The molecule has 0 saturated carbocycles. The molecular formula is C22H29ClN2O5. The van der Waals surface area contributed by atoms with E-state index in [9.17, 15) is 9.90 Å². The van der Waals surface area contributed by atoms with Gasteiger partial charge in [0.05, 0.1) is 14.2 Å². The molecule has 0 aliphatic carbocycles. The third-order valence-electron chi connectivity index (χ3n) is 5.18. The molecule has 1 fully saturated rings. The molecule has 8 heteroatoms. The van der Waals surface area contributed by atoms with Gasteiger partial charge in [-0.05, 0) is 43.0 Å². The molecule has 2 aromatic carbocycles. The summed E-state index contributed by atoms with van der Waals surface area (Å²) >= 11 is 0. The van der Waals surface area contributed by atoms with Crippen molar-refractivity contribution in [2.45, 2.75) is 19.4 Å². The van der Waals surface area contributed by atoms with E-state index in [1.54, 1.807) is 49.5 Å². The highest BCUT2D eigenvalue weighted by Crippen LogP contribution is 2.35. The van der Waals surface area contributed by atoms with Crippen LogP contribution in [0.5, 0.6) is 23.0 Å². The number of carbonyl (C=O) groups excluding carboxylic acids is 1. The van der Waals surface area contributed by atoms with Crippen molar-refractivity contribution in [3.8, 4) is 23.0 Å². The Morgan fingerprint density at radius 1 is 1.13 bits per heavy atom. The van der Waals surface area contributed by atoms with Gasteiger partial charge in [-0.2, -0.15) is 0 Å². The van der Waals surface area contributed by atoms with E-state index >= 15 is 0 Å². The molecule has 1 unspecified atom stereocenters. The van der Waals surface area contributed by atoms with Gasteiger partial charge >= 0.3 is 0 Å². The van der Waals surface area contributed by atoms with Gasteiger partial charge in [-0.3, -0.25) is 4.79 Å². The van der Waals surface area contributed by atoms with Crippen LogP contribution < -0.4 is 19.9 Å². The number of likely N-dealkylation sites (tertiary alicyclic amines) is 1. The second kappa shape index (κ2) is 11.1. The molecule has 3 N–H and O–H groups in total. The van der Waals surface area contributed by atoms with E-state index in [-0.39, 0.29) is 30.8 Å². The van der Waals surface area contributed by atoms with Crippen LogP contribution in [0.25, 0.3) is 0 Å². The molecule has 30 heavy (non-hydrogen) atoms. The average Bonchev–Trinajstić information content (AvgIpc) is 2.78. The van der Waals surface area contributed by atoms with Crippen LogP contribution in [0.2, 0.25) is 0 Å². The number of nitrogens with two attached hydrogens (primary N) is 1. The molecule has 1 aliphatic rings. The van der Waals surface area contributed by atoms with Crippen molar-refractivity contribution in [3.63, 3.8) is 0 Å². The number of carbonyl (C=O) groups is 1. The van der Waals surface area contributed by atoms with Gasteiger partial charge in [0.2, 0.25) is 0 Å². The average molecular weight is 437 g/mol. The van der Waals surface area contributed by atoms with Crippen LogP contribution in [-0.2, 0) is 6.54 Å². The van der Waals surface area contributed by atoms with Crippen LogP contribution in [-0.4, -0.2) is 49.8 Å². The van der Waals surface area contributed by atoms with Crippen molar-refractivity contribution in [1.29, 1.82) is 0 Å². The van der Waals surface area contributed by atoms with Crippen LogP contribution in [0.1, 0.15) is 28.8 Å². The topological polar surface area (TPSA) is 94.2 Å². The predicted molar refractivity (Wildman–Crippen MR) is 117 cm³/mol. The summed E-state index contributed by atoms with van der Waals surface area (Å²) in [6.07, 6.45) is 1.83. The van der Waals surface area contributed by atoms with E-state index in [0.29, 0.717) is 48.2 Å². The third-order valence-corrected chi connectivity index (χ3v) is 5.18.